The maximum absolute atomic E-state index is 13.7. The topological polar surface area (TPSA) is 115 Å². The molecule has 3 aromatic carbocycles. The van der Waals surface area contributed by atoms with Crippen LogP contribution in [0, 0.1) is 5.92 Å². The van der Waals surface area contributed by atoms with Crippen LogP contribution < -0.4 is 10.6 Å². The van der Waals surface area contributed by atoms with Crippen molar-refractivity contribution in [3.63, 3.8) is 0 Å². The van der Waals surface area contributed by atoms with Crippen LogP contribution in [0.2, 0.25) is 0 Å². The standard InChI is InChI=1S/C33H31N5O3/c34-31(40)21-9-11-23(12-10-21)38-20-22(17-30(38)39)32(41)37-15-13-33(14-16-37,26-18-35-28-7-3-1-5-24(26)28)27-19-36-29-8-4-2-6-25(27)29/h1-12,18-19,22,35-36H,13-17,20H2,(H2,34,40). The highest BCUT2D eigenvalue weighted by Crippen LogP contribution is 2.47. The second-order valence-electron chi connectivity index (χ2n) is 11.2. The van der Waals surface area contributed by atoms with Gasteiger partial charge in [0, 0.05) is 76.9 Å². The average Bonchev–Trinajstić information content (AvgIpc) is 3.74. The van der Waals surface area contributed by atoms with Gasteiger partial charge in [-0.05, 0) is 60.4 Å². The Kier molecular flexibility index (Phi) is 5.92. The van der Waals surface area contributed by atoms with Gasteiger partial charge < -0.3 is 25.5 Å². The molecule has 2 aromatic heterocycles. The molecule has 0 spiro atoms. The van der Waals surface area contributed by atoms with Crippen LogP contribution in [-0.2, 0) is 15.0 Å². The summed E-state index contributed by atoms with van der Waals surface area (Å²) in [6.45, 7) is 1.55. The Morgan fingerprint density at radius 1 is 0.805 bits per heavy atom. The summed E-state index contributed by atoms with van der Waals surface area (Å²) in [5.41, 5.74) is 10.9. The molecule has 4 heterocycles. The van der Waals surface area contributed by atoms with E-state index in [0.717, 1.165) is 23.9 Å². The molecule has 0 radical (unpaired) electrons. The Balaban J connectivity index is 1.15. The summed E-state index contributed by atoms with van der Waals surface area (Å²) >= 11 is 0. The predicted molar refractivity (Wildman–Crippen MR) is 159 cm³/mol. The maximum atomic E-state index is 13.7. The van der Waals surface area contributed by atoms with Gasteiger partial charge in [-0.2, -0.15) is 0 Å². The van der Waals surface area contributed by atoms with Crippen molar-refractivity contribution in [2.24, 2.45) is 11.7 Å². The molecule has 0 saturated carbocycles. The van der Waals surface area contributed by atoms with E-state index < -0.39 is 11.8 Å². The number of fused-ring (bicyclic) bond motifs is 2. The minimum atomic E-state index is -0.515. The first-order chi connectivity index (χ1) is 19.9. The van der Waals surface area contributed by atoms with Crippen molar-refractivity contribution in [1.29, 1.82) is 0 Å². The van der Waals surface area contributed by atoms with Crippen molar-refractivity contribution in [2.75, 3.05) is 24.5 Å². The Labute approximate surface area is 237 Å². The summed E-state index contributed by atoms with van der Waals surface area (Å²) in [5, 5.41) is 2.41. The molecule has 3 amide bonds. The molecule has 8 heteroatoms. The number of likely N-dealkylation sites (tertiary alicyclic amines) is 1. The first-order valence-electron chi connectivity index (χ1n) is 14.1. The second-order valence-corrected chi connectivity index (χ2v) is 11.2. The minimum absolute atomic E-state index is 0.0288. The molecule has 0 bridgehead atoms. The Bertz CT molecular complexity index is 1720. The summed E-state index contributed by atoms with van der Waals surface area (Å²) in [6.07, 6.45) is 6.02. The van der Waals surface area contributed by atoms with Gasteiger partial charge in [0.25, 0.3) is 0 Å². The van der Waals surface area contributed by atoms with Crippen molar-refractivity contribution < 1.29 is 14.4 Å². The number of rotatable bonds is 5. The lowest BCUT2D eigenvalue weighted by Crippen LogP contribution is -2.47. The van der Waals surface area contributed by atoms with Crippen LogP contribution in [0.3, 0.4) is 0 Å². The number of carbonyl (C=O) groups excluding carboxylic acids is 3. The lowest BCUT2D eigenvalue weighted by molar-refractivity contribution is -0.137. The van der Waals surface area contributed by atoms with Crippen LogP contribution in [-0.4, -0.2) is 52.2 Å². The fraction of sp³-hybridized carbons (Fsp3) is 0.242. The number of benzene rings is 3. The van der Waals surface area contributed by atoms with Gasteiger partial charge in [0.05, 0.1) is 5.92 Å². The zero-order valence-corrected chi connectivity index (χ0v) is 22.6. The highest BCUT2D eigenvalue weighted by molar-refractivity contribution is 6.01. The quantitative estimate of drug-likeness (QED) is 0.297. The van der Waals surface area contributed by atoms with E-state index in [9.17, 15) is 14.4 Å². The van der Waals surface area contributed by atoms with E-state index in [1.165, 1.54) is 21.9 Å². The molecule has 7 rings (SSSR count). The van der Waals surface area contributed by atoms with Gasteiger partial charge >= 0.3 is 0 Å². The molecule has 8 nitrogen and oxygen atoms in total. The van der Waals surface area contributed by atoms with Crippen LogP contribution in [0.15, 0.2) is 85.2 Å². The first kappa shape index (κ1) is 25.1. The summed E-state index contributed by atoms with van der Waals surface area (Å²) in [6, 6.07) is 23.4. The summed E-state index contributed by atoms with van der Waals surface area (Å²) in [4.78, 5) is 48.6. The average molecular weight is 546 g/mol. The largest absolute Gasteiger partial charge is 0.366 e. The van der Waals surface area contributed by atoms with E-state index in [4.69, 9.17) is 5.73 Å². The number of carbonyl (C=O) groups is 3. The second kappa shape index (κ2) is 9.66. The molecule has 41 heavy (non-hydrogen) atoms. The molecule has 1 atom stereocenters. The highest BCUT2D eigenvalue weighted by atomic mass is 16.2. The van der Waals surface area contributed by atoms with Crippen molar-refractivity contribution in [1.82, 2.24) is 14.9 Å². The zero-order chi connectivity index (χ0) is 28.1. The first-order valence-corrected chi connectivity index (χ1v) is 14.1. The van der Waals surface area contributed by atoms with Crippen LogP contribution in [0.25, 0.3) is 21.8 Å². The molecule has 2 aliphatic heterocycles. The number of anilines is 1. The van der Waals surface area contributed by atoms with Gasteiger partial charge in [-0.15, -0.1) is 0 Å². The molecular weight excluding hydrogens is 514 g/mol. The number of piperidine rings is 1. The molecule has 1 unspecified atom stereocenters. The van der Waals surface area contributed by atoms with Gasteiger partial charge in [0.15, 0.2) is 0 Å². The van der Waals surface area contributed by atoms with Crippen molar-refractivity contribution in [3.05, 3.63) is 102 Å². The Hall–Kier alpha value is -4.85. The highest BCUT2D eigenvalue weighted by Gasteiger charge is 2.44. The zero-order valence-electron chi connectivity index (χ0n) is 22.6. The van der Waals surface area contributed by atoms with Gasteiger partial charge in [0.2, 0.25) is 17.7 Å². The van der Waals surface area contributed by atoms with Crippen LogP contribution in [0.4, 0.5) is 5.69 Å². The number of aromatic amines is 2. The van der Waals surface area contributed by atoms with E-state index >= 15 is 0 Å². The van der Waals surface area contributed by atoms with Crippen LogP contribution >= 0.6 is 0 Å². The van der Waals surface area contributed by atoms with E-state index in [1.807, 2.05) is 17.0 Å². The Morgan fingerprint density at radius 2 is 1.37 bits per heavy atom. The maximum Gasteiger partial charge on any atom is 0.248 e. The number of para-hydroxylation sites is 2. The Morgan fingerprint density at radius 3 is 1.93 bits per heavy atom. The van der Waals surface area contributed by atoms with E-state index in [2.05, 4.69) is 58.8 Å². The molecule has 2 aliphatic rings. The predicted octanol–water partition coefficient (Wildman–Crippen LogP) is 4.71. The monoisotopic (exact) mass is 545 g/mol. The smallest absolute Gasteiger partial charge is 0.248 e. The SMILES string of the molecule is NC(=O)c1ccc(N2CC(C(=O)N3CCC(c4c[nH]c5ccccc45)(c4c[nH]c5ccccc45)CC3)CC2=O)cc1. The van der Waals surface area contributed by atoms with Crippen molar-refractivity contribution >= 4 is 45.2 Å². The fourth-order valence-corrected chi connectivity index (χ4v) is 6.91. The number of primary amides is 1. The number of nitrogens with two attached hydrogens (primary N) is 1. The normalized spacial score (nSPS) is 18.8. The van der Waals surface area contributed by atoms with Gasteiger partial charge in [-0.25, -0.2) is 0 Å². The van der Waals surface area contributed by atoms with Gasteiger partial charge in [0.1, 0.15) is 0 Å². The number of amides is 3. The molecule has 4 N–H and O–H groups in total. The summed E-state index contributed by atoms with van der Waals surface area (Å²) < 4.78 is 0. The third-order valence-electron chi connectivity index (χ3n) is 9.08. The number of aromatic nitrogens is 2. The molecule has 0 aliphatic carbocycles. The summed E-state index contributed by atoms with van der Waals surface area (Å²) in [5.74, 6) is -0.967. The van der Waals surface area contributed by atoms with Crippen LogP contribution in [0.5, 0.6) is 0 Å². The van der Waals surface area contributed by atoms with E-state index in [0.29, 0.717) is 30.9 Å². The number of H-pyrrole nitrogens is 2. The number of hydrogen-bond acceptors (Lipinski definition) is 3. The van der Waals surface area contributed by atoms with Crippen LogP contribution in [0.1, 0.15) is 40.7 Å². The van der Waals surface area contributed by atoms with Crippen molar-refractivity contribution in [3.8, 4) is 0 Å². The van der Waals surface area contributed by atoms with Crippen molar-refractivity contribution in [2.45, 2.75) is 24.7 Å². The van der Waals surface area contributed by atoms with Gasteiger partial charge in [-0.1, -0.05) is 36.4 Å². The fourth-order valence-electron chi connectivity index (χ4n) is 6.91. The van der Waals surface area contributed by atoms with Gasteiger partial charge in [-0.3, -0.25) is 14.4 Å². The molecule has 206 valence electrons. The lowest BCUT2D eigenvalue weighted by Gasteiger charge is -2.43. The molecule has 5 aromatic rings. The molecule has 2 fully saturated rings. The molecule has 2 saturated heterocycles. The summed E-state index contributed by atoms with van der Waals surface area (Å²) in [7, 11) is 0. The number of nitrogens with one attached hydrogen (secondary N) is 2. The van der Waals surface area contributed by atoms with E-state index in [-0.39, 0.29) is 23.7 Å². The third-order valence-corrected chi connectivity index (χ3v) is 9.08. The minimum Gasteiger partial charge on any atom is -0.366 e. The number of nitrogens with zero attached hydrogens (tertiary/aromatic N) is 2. The molecular formula is C33H31N5O3. The third kappa shape index (κ3) is 4.09. The number of hydrogen-bond donors (Lipinski definition) is 3. The van der Waals surface area contributed by atoms with E-state index in [1.54, 1.807) is 29.2 Å². The lowest BCUT2D eigenvalue weighted by atomic mass is 9.67.